The minimum atomic E-state index is -3.46. The molecule has 0 saturated carbocycles. The Kier molecular flexibility index (Phi) is 4.27. The number of rotatable bonds is 5. The summed E-state index contributed by atoms with van der Waals surface area (Å²) in [6.45, 7) is 1.19. The van der Waals surface area contributed by atoms with Crippen LogP contribution in [0.5, 0.6) is 0 Å². The van der Waals surface area contributed by atoms with Gasteiger partial charge in [-0.1, -0.05) is 24.3 Å². The molecule has 2 aromatic heterocycles. The van der Waals surface area contributed by atoms with E-state index in [1.807, 2.05) is 36.5 Å². The van der Waals surface area contributed by atoms with E-state index in [4.69, 9.17) is 0 Å². The zero-order chi connectivity index (χ0) is 17.3. The van der Waals surface area contributed by atoms with Crippen molar-refractivity contribution in [2.75, 3.05) is 0 Å². The number of hydrogen-bond donors (Lipinski definition) is 1. The van der Waals surface area contributed by atoms with Gasteiger partial charge in [-0.3, -0.25) is 4.98 Å². The number of hydrogen-bond acceptors (Lipinski definition) is 4. The van der Waals surface area contributed by atoms with E-state index in [9.17, 15) is 8.42 Å². The van der Waals surface area contributed by atoms with Gasteiger partial charge >= 0.3 is 0 Å². The molecule has 4 rings (SSSR count). The maximum atomic E-state index is 12.5. The van der Waals surface area contributed by atoms with Gasteiger partial charge in [-0.25, -0.2) is 18.1 Å². The molecular formula is C18H20N4O2S. The lowest BCUT2D eigenvalue weighted by Gasteiger charge is -2.11. The summed E-state index contributed by atoms with van der Waals surface area (Å²) in [7, 11) is -3.46. The number of nitrogens with zero attached hydrogens (tertiary/aromatic N) is 3. The molecular weight excluding hydrogens is 336 g/mol. The van der Waals surface area contributed by atoms with Gasteiger partial charge in [0.15, 0.2) is 0 Å². The number of pyridine rings is 1. The molecule has 1 aromatic carbocycles. The second kappa shape index (κ2) is 6.57. The van der Waals surface area contributed by atoms with Crippen LogP contribution in [0, 0.1) is 0 Å². The van der Waals surface area contributed by atoms with Crippen molar-refractivity contribution >= 4 is 20.9 Å². The lowest BCUT2D eigenvalue weighted by Crippen LogP contribution is -2.25. The molecule has 0 atom stereocenters. The molecule has 1 aliphatic rings. The standard InChI is InChI=1S/C18H20N4O2S/c23-25(24,13-15-6-3-5-14-7-4-9-19-18(14)15)20-11-16-12-22-10-2-1-8-17(22)21-16/h3-7,9,12,20H,1-2,8,10-11,13H2. The summed E-state index contributed by atoms with van der Waals surface area (Å²) in [5.41, 5.74) is 2.21. The second-order valence-electron chi connectivity index (χ2n) is 6.37. The normalized spacial score (nSPS) is 14.6. The molecule has 0 unspecified atom stereocenters. The number of aromatic nitrogens is 3. The van der Waals surface area contributed by atoms with E-state index in [1.165, 1.54) is 0 Å². The van der Waals surface area contributed by atoms with Crippen LogP contribution in [0.25, 0.3) is 10.9 Å². The van der Waals surface area contributed by atoms with Crippen LogP contribution in [0.3, 0.4) is 0 Å². The summed E-state index contributed by atoms with van der Waals surface area (Å²) in [5.74, 6) is 0.966. The van der Waals surface area contributed by atoms with Crippen molar-refractivity contribution in [3.05, 3.63) is 59.8 Å². The molecule has 0 radical (unpaired) electrons. The van der Waals surface area contributed by atoms with Crippen LogP contribution in [-0.4, -0.2) is 23.0 Å². The zero-order valence-corrected chi connectivity index (χ0v) is 14.7. The van der Waals surface area contributed by atoms with Gasteiger partial charge in [0.05, 0.1) is 23.5 Å². The fourth-order valence-corrected chi connectivity index (χ4v) is 4.39. The lowest BCUT2D eigenvalue weighted by atomic mass is 10.1. The van der Waals surface area contributed by atoms with Gasteiger partial charge < -0.3 is 4.57 Å². The quantitative estimate of drug-likeness (QED) is 0.761. The molecule has 0 amide bonds. The van der Waals surface area contributed by atoms with Crippen molar-refractivity contribution in [1.29, 1.82) is 0 Å². The number of nitrogens with one attached hydrogen (secondary N) is 1. The Bertz CT molecular complexity index is 982. The number of para-hydroxylation sites is 1. The van der Waals surface area contributed by atoms with Crippen LogP contribution in [0.2, 0.25) is 0 Å². The molecule has 1 aliphatic heterocycles. The summed E-state index contributed by atoms with van der Waals surface area (Å²) >= 11 is 0. The van der Waals surface area contributed by atoms with Crippen LogP contribution in [0.15, 0.2) is 42.7 Å². The minimum absolute atomic E-state index is 0.0884. The molecule has 25 heavy (non-hydrogen) atoms. The first-order valence-corrected chi connectivity index (χ1v) is 10.1. The first-order chi connectivity index (χ1) is 12.1. The van der Waals surface area contributed by atoms with E-state index in [0.717, 1.165) is 48.2 Å². The lowest BCUT2D eigenvalue weighted by molar-refractivity contribution is 0.522. The van der Waals surface area contributed by atoms with Gasteiger partial charge in [-0.15, -0.1) is 0 Å². The first-order valence-electron chi connectivity index (χ1n) is 8.46. The average molecular weight is 356 g/mol. The molecule has 3 aromatic rings. The highest BCUT2D eigenvalue weighted by Crippen LogP contribution is 2.18. The van der Waals surface area contributed by atoms with Crippen molar-refractivity contribution in [2.24, 2.45) is 0 Å². The van der Waals surface area contributed by atoms with E-state index < -0.39 is 10.0 Å². The summed E-state index contributed by atoms with van der Waals surface area (Å²) in [5, 5.41) is 0.942. The predicted octanol–water partition coefficient (Wildman–Crippen LogP) is 2.39. The average Bonchev–Trinajstić information content (AvgIpc) is 3.03. The summed E-state index contributed by atoms with van der Waals surface area (Å²) in [6.07, 6.45) is 6.91. The van der Waals surface area contributed by atoms with Gasteiger partial charge in [0.2, 0.25) is 10.0 Å². The Morgan fingerprint density at radius 3 is 2.92 bits per heavy atom. The Labute approximate surface area is 147 Å². The van der Waals surface area contributed by atoms with Crippen LogP contribution in [0.1, 0.15) is 29.9 Å². The second-order valence-corrected chi connectivity index (χ2v) is 8.18. The largest absolute Gasteiger partial charge is 0.335 e. The van der Waals surface area contributed by atoms with Gasteiger partial charge in [0.1, 0.15) is 5.82 Å². The van der Waals surface area contributed by atoms with Crippen molar-refractivity contribution in [2.45, 2.75) is 38.1 Å². The smallest absolute Gasteiger partial charge is 0.216 e. The molecule has 0 saturated heterocycles. The topological polar surface area (TPSA) is 76.9 Å². The third-order valence-corrected chi connectivity index (χ3v) is 5.77. The molecule has 6 nitrogen and oxygen atoms in total. The van der Waals surface area contributed by atoms with Crippen LogP contribution in [0.4, 0.5) is 0 Å². The Hall–Kier alpha value is -2.25. The number of imidazole rings is 1. The fourth-order valence-electron chi connectivity index (χ4n) is 3.28. The monoisotopic (exact) mass is 356 g/mol. The molecule has 130 valence electrons. The Morgan fingerprint density at radius 2 is 2.04 bits per heavy atom. The fraction of sp³-hybridized carbons (Fsp3) is 0.333. The van der Waals surface area contributed by atoms with Gasteiger partial charge in [-0.05, 0) is 24.5 Å². The summed E-state index contributed by atoms with van der Waals surface area (Å²) in [6, 6.07) is 9.38. The molecule has 3 heterocycles. The van der Waals surface area contributed by atoms with Crippen molar-refractivity contribution in [3.8, 4) is 0 Å². The first kappa shape index (κ1) is 16.2. The van der Waals surface area contributed by atoms with Gasteiger partial charge in [0, 0.05) is 30.7 Å². The van der Waals surface area contributed by atoms with E-state index in [2.05, 4.69) is 19.3 Å². The number of benzene rings is 1. The number of sulfonamides is 1. The van der Waals surface area contributed by atoms with Crippen molar-refractivity contribution < 1.29 is 8.42 Å². The van der Waals surface area contributed by atoms with E-state index in [0.29, 0.717) is 5.56 Å². The third-order valence-electron chi connectivity index (χ3n) is 4.49. The minimum Gasteiger partial charge on any atom is -0.335 e. The molecule has 1 N–H and O–H groups in total. The number of fused-ring (bicyclic) bond motifs is 2. The number of aryl methyl sites for hydroxylation is 2. The van der Waals surface area contributed by atoms with E-state index >= 15 is 0 Å². The summed E-state index contributed by atoms with van der Waals surface area (Å²) < 4.78 is 29.8. The van der Waals surface area contributed by atoms with E-state index in [-0.39, 0.29) is 12.3 Å². The zero-order valence-electron chi connectivity index (χ0n) is 13.9. The van der Waals surface area contributed by atoms with Crippen molar-refractivity contribution in [3.63, 3.8) is 0 Å². The highest BCUT2D eigenvalue weighted by molar-refractivity contribution is 7.88. The maximum Gasteiger partial charge on any atom is 0.216 e. The van der Waals surface area contributed by atoms with Gasteiger partial charge in [-0.2, -0.15) is 0 Å². The predicted molar refractivity (Wildman–Crippen MR) is 96.4 cm³/mol. The van der Waals surface area contributed by atoms with Crippen molar-refractivity contribution in [1.82, 2.24) is 19.3 Å². The SMILES string of the molecule is O=S(=O)(Cc1cccc2cccnc12)NCc1cn2c(n1)CCCC2. The molecule has 0 aliphatic carbocycles. The summed E-state index contributed by atoms with van der Waals surface area (Å²) in [4.78, 5) is 8.85. The Balaban J connectivity index is 1.49. The van der Waals surface area contributed by atoms with Crippen LogP contribution >= 0.6 is 0 Å². The van der Waals surface area contributed by atoms with Gasteiger partial charge in [0.25, 0.3) is 0 Å². The highest BCUT2D eigenvalue weighted by atomic mass is 32.2. The van der Waals surface area contributed by atoms with Crippen LogP contribution in [-0.2, 0) is 35.3 Å². The third kappa shape index (κ3) is 3.57. The molecule has 0 fully saturated rings. The molecule has 0 spiro atoms. The maximum absolute atomic E-state index is 12.5. The highest BCUT2D eigenvalue weighted by Gasteiger charge is 2.16. The van der Waals surface area contributed by atoms with Crippen LogP contribution < -0.4 is 4.72 Å². The Morgan fingerprint density at radius 1 is 1.16 bits per heavy atom. The molecule has 0 bridgehead atoms. The molecule has 7 heteroatoms. The van der Waals surface area contributed by atoms with E-state index in [1.54, 1.807) is 6.20 Å².